The minimum Gasteiger partial charge on any atom is -0.478 e. The second kappa shape index (κ2) is 8.20. The van der Waals surface area contributed by atoms with Crippen molar-refractivity contribution in [1.82, 2.24) is 19.7 Å². The molecule has 0 saturated heterocycles. The van der Waals surface area contributed by atoms with Crippen LogP contribution in [0.15, 0.2) is 46.6 Å². The molecule has 1 N–H and O–H groups in total. The lowest BCUT2D eigenvalue weighted by atomic mass is 10.1. The molecule has 0 unspecified atom stereocenters. The summed E-state index contributed by atoms with van der Waals surface area (Å²) in [5.74, 6) is 0.869. The van der Waals surface area contributed by atoms with E-state index in [4.69, 9.17) is 16.3 Å². The van der Waals surface area contributed by atoms with E-state index in [1.165, 1.54) is 20.6 Å². The number of hydrogen-bond donors (Lipinski definition) is 1. The number of hydrogen-bond acceptors (Lipinski definition) is 5. The Morgan fingerprint density at radius 3 is 2.64 bits per heavy atom. The van der Waals surface area contributed by atoms with Crippen molar-refractivity contribution in [1.29, 1.82) is 0 Å². The van der Waals surface area contributed by atoms with Crippen LogP contribution in [-0.4, -0.2) is 32.4 Å². The summed E-state index contributed by atoms with van der Waals surface area (Å²) in [5.41, 5.74) is -1.31. The smallest absolute Gasteiger partial charge is 0.346 e. The fourth-order valence-electron chi connectivity index (χ4n) is 2.59. The summed E-state index contributed by atoms with van der Waals surface area (Å²) < 4.78 is 8.61. The van der Waals surface area contributed by atoms with Crippen LogP contribution in [0, 0.1) is 0 Å². The Hall–Kier alpha value is -2.58. The minimum atomic E-state index is -1.08. The van der Waals surface area contributed by atoms with Crippen LogP contribution in [0.25, 0.3) is 10.7 Å². The molecule has 7 nitrogen and oxygen atoms in total. The summed E-state index contributed by atoms with van der Waals surface area (Å²) in [6, 6.07) is 10.6. The number of nitrogens with one attached hydrogen (secondary N) is 1. The normalized spacial score (nSPS) is 11.4. The van der Waals surface area contributed by atoms with E-state index in [1.54, 1.807) is 45.2 Å². The maximum absolute atomic E-state index is 12.5. The molecule has 2 aromatic heterocycles. The topological polar surface area (TPSA) is 78.2 Å². The van der Waals surface area contributed by atoms with Crippen LogP contribution in [-0.2, 0) is 18.4 Å². The molecule has 3 rings (SSSR count). The lowest BCUT2D eigenvalue weighted by Gasteiger charge is -2.25. The van der Waals surface area contributed by atoms with E-state index in [1.807, 2.05) is 17.5 Å². The van der Waals surface area contributed by atoms with Crippen LogP contribution in [0.3, 0.4) is 0 Å². The average molecular weight is 421 g/mol. The van der Waals surface area contributed by atoms with Gasteiger partial charge in [-0.05, 0) is 49.6 Å². The van der Waals surface area contributed by atoms with Crippen molar-refractivity contribution >= 4 is 28.8 Å². The van der Waals surface area contributed by atoms with Crippen molar-refractivity contribution in [2.24, 2.45) is 7.05 Å². The largest absolute Gasteiger partial charge is 0.478 e. The third kappa shape index (κ3) is 4.45. The zero-order chi connectivity index (χ0) is 20.3. The Morgan fingerprint density at radius 2 is 2.00 bits per heavy atom. The third-order valence-corrected chi connectivity index (χ3v) is 5.24. The molecule has 0 saturated carbocycles. The van der Waals surface area contributed by atoms with Crippen molar-refractivity contribution < 1.29 is 9.53 Å². The molecule has 9 heteroatoms. The van der Waals surface area contributed by atoms with Gasteiger partial charge in [0.2, 0.25) is 0 Å². The average Bonchev–Trinajstić information content (AvgIpc) is 3.27. The van der Waals surface area contributed by atoms with Gasteiger partial charge in [0.05, 0.1) is 11.4 Å². The van der Waals surface area contributed by atoms with E-state index in [-0.39, 0.29) is 24.7 Å². The summed E-state index contributed by atoms with van der Waals surface area (Å²) >= 11 is 7.38. The fourth-order valence-corrected chi connectivity index (χ4v) is 3.46. The Bertz CT molecular complexity index is 1010. The van der Waals surface area contributed by atoms with E-state index in [2.05, 4.69) is 10.4 Å². The van der Waals surface area contributed by atoms with E-state index in [9.17, 15) is 9.59 Å². The molecule has 1 aromatic carbocycles. The monoisotopic (exact) mass is 420 g/mol. The number of thiophene rings is 1. The Morgan fingerprint density at radius 1 is 1.29 bits per heavy atom. The molecule has 0 atom stereocenters. The van der Waals surface area contributed by atoms with Crippen LogP contribution < -0.4 is 15.7 Å². The molecule has 1 amide bonds. The first-order chi connectivity index (χ1) is 13.3. The van der Waals surface area contributed by atoms with E-state index in [0.29, 0.717) is 16.6 Å². The lowest BCUT2D eigenvalue weighted by Crippen LogP contribution is -2.47. The summed E-state index contributed by atoms with van der Waals surface area (Å²) in [7, 11) is 1.68. The molecule has 3 aromatic rings. The van der Waals surface area contributed by atoms with Crippen LogP contribution in [0.4, 0.5) is 0 Å². The lowest BCUT2D eigenvalue weighted by molar-refractivity contribution is -0.134. The minimum absolute atomic E-state index is 0.227. The van der Waals surface area contributed by atoms with Crippen molar-refractivity contribution in [3.05, 3.63) is 57.3 Å². The maximum Gasteiger partial charge on any atom is 0.346 e. The fraction of sp³-hybridized carbons (Fsp3) is 0.316. The molecule has 28 heavy (non-hydrogen) atoms. The van der Waals surface area contributed by atoms with Crippen molar-refractivity contribution in [3.63, 3.8) is 0 Å². The van der Waals surface area contributed by atoms with Gasteiger partial charge in [-0.2, -0.15) is 0 Å². The SMILES string of the molecule is Cn1c(-c2cccs2)nn(CCNC(=O)C(C)(C)Oc2ccc(Cl)cc2)c1=O. The quantitative estimate of drug-likeness (QED) is 0.637. The van der Waals surface area contributed by atoms with Gasteiger partial charge in [-0.1, -0.05) is 17.7 Å². The Kier molecular flexibility index (Phi) is 5.90. The predicted molar refractivity (Wildman–Crippen MR) is 110 cm³/mol. The number of halogens is 1. The van der Waals surface area contributed by atoms with Gasteiger partial charge in [-0.25, -0.2) is 9.48 Å². The first-order valence-electron chi connectivity index (χ1n) is 8.68. The first kappa shape index (κ1) is 20.2. The van der Waals surface area contributed by atoms with Gasteiger partial charge in [-0.15, -0.1) is 16.4 Å². The highest BCUT2D eigenvalue weighted by Gasteiger charge is 2.29. The van der Waals surface area contributed by atoms with Gasteiger partial charge in [0.25, 0.3) is 5.91 Å². The van der Waals surface area contributed by atoms with Crippen LogP contribution >= 0.6 is 22.9 Å². The highest BCUT2D eigenvalue weighted by atomic mass is 35.5. The predicted octanol–water partition coefficient (Wildman–Crippen LogP) is 2.94. The molecule has 0 fully saturated rings. The number of carbonyl (C=O) groups excluding carboxylic acids is 1. The number of nitrogens with zero attached hydrogens (tertiary/aromatic N) is 3. The summed E-state index contributed by atoms with van der Waals surface area (Å²) in [5, 5.41) is 9.69. The van der Waals surface area contributed by atoms with Gasteiger partial charge in [0, 0.05) is 18.6 Å². The van der Waals surface area contributed by atoms with Crippen LogP contribution in [0.1, 0.15) is 13.8 Å². The van der Waals surface area contributed by atoms with Crippen molar-refractivity contribution in [2.45, 2.75) is 26.0 Å². The molecule has 0 spiro atoms. The molecule has 0 radical (unpaired) electrons. The van der Waals surface area contributed by atoms with Gasteiger partial charge < -0.3 is 10.1 Å². The standard InChI is InChI=1S/C19H21ClN4O3S/c1-19(2,27-14-8-6-13(20)7-9-14)17(25)21-10-11-24-18(26)23(3)16(22-24)15-5-4-12-28-15/h4-9,12H,10-11H2,1-3H3,(H,21,25). The van der Waals surface area contributed by atoms with Crippen LogP contribution in [0.5, 0.6) is 5.75 Å². The molecule has 0 bridgehead atoms. The summed E-state index contributed by atoms with van der Waals surface area (Å²) in [6.45, 7) is 3.88. The summed E-state index contributed by atoms with van der Waals surface area (Å²) in [6.07, 6.45) is 0. The molecule has 2 heterocycles. The number of aromatic nitrogens is 3. The Balaban J connectivity index is 1.60. The van der Waals surface area contributed by atoms with Gasteiger partial charge in [0.1, 0.15) is 5.75 Å². The van der Waals surface area contributed by atoms with E-state index < -0.39 is 5.60 Å². The number of carbonyl (C=O) groups is 1. The number of benzene rings is 1. The molecular formula is C19H21ClN4O3S. The number of amides is 1. The van der Waals surface area contributed by atoms with Gasteiger partial charge >= 0.3 is 5.69 Å². The van der Waals surface area contributed by atoms with Crippen molar-refractivity contribution in [3.8, 4) is 16.5 Å². The molecule has 0 aliphatic carbocycles. The van der Waals surface area contributed by atoms with Crippen LogP contribution in [0.2, 0.25) is 5.02 Å². The molecule has 0 aliphatic rings. The first-order valence-corrected chi connectivity index (χ1v) is 9.94. The van der Waals surface area contributed by atoms with Crippen molar-refractivity contribution in [2.75, 3.05) is 6.54 Å². The highest BCUT2D eigenvalue weighted by Crippen LogP contribution is 2.22. The molecule has 0 aliphatic heterocycles. The van der Waals surface area contributed by atoms with E-state index in [0.717, 1.165) is 4.88 Å². The second-order valence-electron chi connectivity index (χ2n) is 6.69. The number of ether oxygens (including phenoxy) is 1. The maximum atomic E-state index is 12.5. The van der Waals surface area contributed by atoms with Gasteiger partial charge in [-0.3, -0.25) is 9.36 Å². The third-order valence-electron chi connectivity index (χ3n) is 4.13. The molecule has 148 valence electrons. The Labute approximate surface area is 171 Å². The second-order valence-corrected chi connectivity index (χ2v) is 8.07. The van der Waals surface area contributed by atoms with E-state index >= 15 is 0 Å². The van der Waals surface area contributed by atoms with Gasteiger partial charge in [0.15, 0.2) is 11.4 Å². The zero-order valence-corrected chi connectivity index (χ0v) is 17.4. The number of rotatable bonds is 7. The molecular weight excluding hydrogens is 400 g/mol. The summed E-state index contributed by atoms with van der Waals surface area (Å²) in [4.78, 5) is 25.8. The zero-order valence-electron chi connectivity index (χ0n) is 15.8. The highest BCUT2D eigenvalue weighted by molar-refractivity contribution is 7.13.